The number of nitrogens with two attached hydrogens (primary N) is 1. The first-order valence-electron chi connectivity index (χ1n) is 7.91. The second-order valence-electron chi connectivity index (χ2n) is 5.70. The number of carboxylic acid groups (broad SMARTS) is 2. The van der Waals surface area contributed by atoms with Crippen molar-refractivity contribution in [1.29, 1.82) is 0 Å². The molecule has 0 aliphatic carbocycles. The molecule has 0 unspecified atom stereocenters. The van der Waals surface area contributed by atoms with E-state index in [4.69, 9.17) is 15.9 Å². The van der Waals surface area contributed by atoms with Crippen LogP contribution in [0.3, 0.4) is 0 Å². The van der Waals surface area contributed by atoms with Crippen LogP contribution in [0.4, 0.5) is 13.2 Å². The predicted molar refractivity (Wildman–Crippen MR) is 92.2 cm³/mol. The van der Waals surface area contributed by atoms with E-state index in [0.717, 1.165) is 23.2 Å². The van der Waals surface area contributed by atoms with Crippen LogP contribution in [0.25, 0.3) is 10.9 Å². The van der Waals surface area contributed by atoms with E-state index in [-0.39, 0.29) is 6.04 Å². The zero-order chi connectivity index (χ0) is 20.8. The van der Waals surface area contributed by atoms with Crippen molar-refractivity contribution in [2.75, 3.05) is 0 Å². The van der Waals surface area contributed by atoms with Crippen LogP contribution in [0.15, 0.2) is 30.4 Å². The molecule has 0 aliphatic rings. The molecule has 2 rings (SSSR count). The molecule has 0 saturated carbocycles. The SMILES string of the molecule is CCc1nn(C[C@H](C)N)c2cc(C(F)(F)F)ccc12.O=C(O)/C=C/C(=O)O. The van der Waals surface area contributed by atoms with Gasteiger partial charge in [-0.05, 0) is 25.5 Å². The van der Waals surface area contributed by atoms with E-state index >= 15 is 0 Å². The highest BCUT2D eigenvalue weighted by Crippen LogP contribution is 2.32. The minimum Gasteiger partial charge on any atom is -0.478 e. The summed E-state index contributed by atoms with van der Waals surface area (Å²) in [6.07, 6.45) is -2.55. The number of rotatable bonds is 5. The largest absolute Gasteiger partial charge is 0.478 e. The molecule has 1 heterocycles. The molecule has 148 valence electrons. The van der Waals surface area contributed by atoms with Crippen LogP contribution in [0.2, 0.25) is 0 Å². The number of aliphatic carboxylic acids is 2. The zero-order valence-electron chi connectivity index (χ0n) is 14.7. The Bertz CT molecular complexity index is 826. The Morgan fingerprint density at radius 1 is 1.26 bits per heavy atom. The first kappa shape index (κ1) is 22.2. The maximum Gasteiger partial charge on any atom is 0.416 e. The van der Waals surface area contributed by atoms with Gasteiger partial charge in [-0.1, -0.05) is 13.0 Å². The summed E-state index contributed by atoms with van der Waals surface area (Å²) in [5.74, 6) is -2.51. The van der Waals surface area contributed by atoms with Gasteiger partial charge in [-0.3, -0.25) is 4.68 Å². The summed E-state index contributed by atoms with van der Waals surface area (Å²) in [5.41, 5.74) is 6.33. The van der Waals surface area contributed by atoms with E-state index in [1.54, 1.807) is 11.6 Å². The van der Waals surface area contributed by atoms with Gasteiger partial charge in [-0.2, -0.15) is 18.3 Å². The van der Waals surface area contributed by atoms with Crippen LogP contribution in [0.5, 0.6) is 0 Å². The minimum absolute atomic E-state index is 0.164. The topological polar surface area (TPSA) is 118 Å². The maximum atomic E-state index is 12.7. The Morgan fingerprint density at radius 3 is 2.22 bits per heavy atom. The Labute approximate surface area is 152 Å². The van der Waals surface area contributed by atoms with Crippen molar-refractivity contribution in [3.63, 3.8) is 0 Å². The molecule has 0 aliphatic heterocycles. The van der Waals surface area contributed by atoms with E-state index in [1.165, 1.54) is 6.07 Å². The average Bonchev–Trinajstić information content (AvgIpc) is 2.89. The fourth-order valence-corrected chi connectivity index (χ4v) is 2.23. The predicted octanol–water partition coefficient (Wildman–Crippen LogP) is 2.68. The summed E-state index contributed by atoms with van der Waals surface area (Å²) in [4.78, 5) is 19.1. The third kappa shape index (κ3) is 6.74. The number of fused-ring (bicyclic) bond motifs is 1. The summed E-state index contributed by atoms with van der Waals surface area (Å²) < 4.78 is 39.8. The van der Waals surface area contributed by atoms with Crippen molar-refractivity contribution < 1.29 is 33.0 Å². The molecular formula is C17H20F3N3O4. The van der Waals surface area contributed by atoms with Gasteiger partial charge in [-0.25, -0.2) is 9.59 Å². The highest BCUT2D eigenvalue weighted by molar-refractivity contribution is 5.89. The Hall–Kier alpha value is -2.88. The van der Waals surface area contributed by atoms with Crippen LogP contribution in [-0.4, -0.2) is 38.0 Å². The molecule has 4 N–H and O–H groups in total. The molecule has 10 heteroatoms. The van der Waals surface area contributed by atoms with E-state index in [9.17, 15) is 22.8 Å². The fraction of sp³-hybridized carbons (Fsp3) is 0.353. The van der Waals surface area contributed by atoms with Crippen molar-refractivity contribution in [2.24, 2.45) is 5.73 Å². The Kier molecular flexibility index (Phi) is 7.53. The van der Waals surface area contributed by atoms with E-state index < -0.39 is 23.7 Å². The van der Waals surface area contributed by atoms with Gasteiger partial charge in [0.25, 0.3) is 0 Å². The molecule has 2 aromatic rings. The monoisotopic (exact) mass is 387 g/mol. The quantitative estimate of drug-likeness (QED) is 0.679. The third-order valence-electron chi connectivity index (χ3n) is 3.32. The molecule has 0 saturated heterocycles. The van der Waals surface area contributed by atoms with Crippen LogP contribution in [0, 0.1) is 0 Å². The van der Waals surface area contributed by atoms with E-state index in [2.05, 4.69) is 5.10 Å². The number of benzene rings is 1. The zero-order valence-corrected chi connectivity index (χ0v) is 14.7. The first-order valence-corrected chi connectivity index (χ1v) is 7.91. The van der Waals surface area contributed by atoms with Gasteiger partial charge in [0.05, 0.1) is 23.3 Å². The Morgan fingerprint density at radius 2 is 1.81 bits per heavy atom. The molecule has 7 nitrogen and oxygen atoms in total. The third-order valence-corrected chi connectivity index (χ3v) is 3.32. The molecule has 0 fully saturated rings. The summed E-state index contributed by atoms with van der Waals surface area (Å²) in [6.45, 7) is 4.13. The van der Waals surface area contributed by atoms with Gasteiger partial charge in [0.1, 0.15) is 0 Å². The molecule has 0 amide bonds. The summed E-state index contributed by atoms with van der Waals surface area (Å²) in [7, 11) is 0. The smallest absolute Gasteiger partial charge is 0.416 e. The number of halogens is 3. The molecule has 27 heavy (non-hydrogen) atoms. The van der Waals surface area contributed by atoms with Crippen molar-refractivity contribution in [3.8, 4) is 0 Å². The second-order valence-corrected chi connectivity index (χ2v) is 5.70. The van der Waals surface area contributed by atoms with Crippen LogP contribution < -0.4 is 5.73 Å². The van der Waals surface area contributed by atoms with Crippen LogP contribution in [-0.2, 0) is 28.7 Å². The number of aromatic nitrogens is 2. The number of carbonyl (C=O) groups is 2. The fourth-order valence-electron chi connectivity index (χ4n) is 2.23. The molecule has 0 radical (unpaired) electrons. The number of carboxylic acids is 2. The lowest BCUT2D eigenvalue weighted by molar-refractivity contribution is -0.137. The van der Waals surface area contributed by atoms with Crippen molar-refractivity contribution in [2.45, 2.75) is 39.0 Å². The molecular weight excluding hydrogens is 367 g/mol. The standard InChI is InChI=1S/C13H16F3N3.C4H4O4/c1-3-11-10-5-4-9(13(14,15)16)6-12(10)19(18-11)7-8(2)17;5-3(6)1-2-4(7)8/h4-6,8H,3,7,17H2,1-2H3;1-2H,(H,5,6)(H,7,8)/b;2-1+/t8-;/m0./s1. The molecule has 1 aromatic carbocycles. The van der Waals surface area contributed by atoms with Crippen molar-refractivity contribution in [1.82, 2.24) is 9.78 Å². The summed E-state index contributed by atoms with van der Waals surface area (Å²) >= 11 is 0. The van der Waals surface area contributed by atoms with Gasteiger partial charge in [-0.15, -0.1) is 0 Å². The molecule has 1 aromatic heterocycles. The molecule has 1 atom stereocenters. The summed E-state index contributed by atoms with van der Waals surface area (Å²) in [5, 5.41) is 20.7. The van der Waals surface area contributed by atoms with Crippen LogP contribution >= 0.6 is 0 Å². The van der Waals surface area contributed by atoms with E-state index in [0.29, 0.717) is 30.6 Å². The second kappa shape index (κ2) is 9.17. The molecule has 0 bridgehead atoms. The van der Waals surface area contributed by atoms with Gasteiger partial charge < -0.3 is 15.9 Å². The average molecular weight is 387 g/mol. The number of hydrogen-bond acceptors (Lipinski definition) is 4. The van der Waals surface area contributed by atoms with Gasteiger partial charge in [0.2, 0.25) is 0 Å². The van der Waals surface area contributed by atoms with E-state index in [1.807, 2.05) is 6.92 Å². The number of hydrogen-bond donors (Lipinski definition) is 3. The van der Waals surface area contributed by atoms with Gasteiger partial charge >= 0.3 is 18.1 Å². The van der Waals surface area contributed by atoms with Gasteiger partial charge in [0.15, 0.2) is 0 Å². The normalized spacial score (nSPS) is 12.7. The minimum atomic E-state index is -4.34. The lowest BCUT2D eigenvalue weighted by atomic mass is 10.1. The summed E-state index contributed by atoms with van der Waals surface area (Å²) in [6, 6.07) is 3.56. The number of nitrogens with zero attached hydrogens (tertiary/aromatic N) is 2. The van der Waals surface area contributed by atoms with Gasteiger partial charge in [0, 0.05) is 23.6 Å². The highest BCUT2D eigenvalue weighted by atomic mass is 19.4. The number of alkyl halides is 3. The number of aryl methyl sites for hydroxylation is 1. The molecule has 0 spiro atoms. The highest BCUT2D eigenvalue weighted by Gasteiger charge is 2.31. The lowest BCUT2D eigenvalue weighted by Crippen LogP contribution is -2.22. The van der Waals surface area contributed by atoms with Crippen LogP contribution in [0.1, 0.15) is 25.1 Å². The van der Waals surface area contributed by atoms with Crippen molar-refractivity contribution >= 4 is 22.8 Å². The first-order chi connectivity index (χ1) is 12.5. The maximum absolute atomic E-state index is 12.7. The lowest BCUT2D eigenvalue weighted by Gasteiger charge is -2.09. The van der Waals surface area contributed by atoms with Crippen molar-refractivity contribution in [3.05, 3.63) is 41.6 Å². The Balaban J connectivity index is 0.000000387.